The van der Waals surface area contributed by atoms with Crippen molar-refractivity contribution in [2.45, 2.75) is 35.9 Å². The van der Waals surface area contributed by atoms with Gasteiger partial charge in [0.15, 0.2) is 5.50 Å². The summed E-state index contributed by atoms with van der Waals surface area (Å²) in [5, 5.41) is 3.55. The summed E-state index contributed by atoms with van der Waals surface area (Å²) in [5.74, 6) is 0.000127. The van der Waals surface area contributed by atoms with Crippen molar-refractivity contribution < 1.29 is 4.79 Å². The van der Waals surface area contributed by atoms with Gasteiger partial charge >= 0.3 is 0 Å². The molecule has 0 saturated heterocycles. The first kappa shape index (κ1) is 16.6. The third-order valence-corrected chi connectivity index (χ3v) is 6.02. The number of nitrogens with zero attached hydrogens (tertiary/aromatic N) is 2. The van der Waals surface area contributed by atoms with E-state index in [2.05, 4.69) is 29.1 Å². The van der Waals surface area contributed by atoms with E-state index in [1.54, 1.807) is 24.2 Å². The van der Waals surface area contributed by atoms with Gasteiger partial charge < -0.3 is 5.32 Å². The molecule has 1 aliphatic heterocycles. The lowest BCUT2D eigenvalue weighted by Crippen LogP contribution is -2.39. The van der Waals surface area contributed by atoms with Crippen molar-refractivity contribution in [3.05, 3.63) is 30.1 Å². The number of pyridine rings is 1. The van der Waals surface area contributed by atoms with Gasteiger partial charge in [0.25, 0.3) is 0 Å². The third kappa shape index (κ3) is 4.63. The van der Waals surface area contributed by atoms with E-state index in [1.807, 2.05) is 18.4 Å². The van der Waals surface area contributed by atoms with E-state index in [1.165, 1.54) is 11.8 Å². The number of hydrogen-bond acceptors (Lipinski definition) is 5. The topological polar surface area (TPSA) is 54.4 Å². The Balaban J connectivity index is 1.94. The number of carbonyl (C=O) groups excluding carboxylic acids is 1. The quantitative estimate of drug-likeness (QED) is 0.659. The van der Waals surface area contributed by atoms with Crippen LogP contribution in [0.2, 0.25) is 0 Å². The lowest BCUT2D eigenvalue weighted by atomic mass is 10.1. The molecule has 4 nitrogen and oxygen atoms in total. The molecule has 1 aromatic rings. The summed E-state index contributed by atoms with van der Waals surface area (Å²) >= 11 is 9.37. The molecule has 1 aliphatic rings. The van der Waals surface area contributed by atoms with E-state index < -0.39 is 5.50 Å². The normalized spacial score (nSPS) is 22.0. The third-order valence-electron chi connectivity index (χ3n) is 3.08. The number of rotatable bonds is 5. The van der Waals surface area contributed by atoms with Gasteiger partial charge in [-0.1, -0.05) is 37.2 Å². The molecule has 2 atom stereocenters. The van der Waals surface area contributed by atoms with E-state index in [0.29, 0.717) is 6.42 Å². The molecule has 0 fully saturated rings. The molecular formula is C14H18ClN3OS2. The first-order valence-corrected chi connectivity index (χ1v) is 9.09. The monoisotopic (exact) mass is 343 g/mol. The molecule has 2 unspecified atom stereocenters. The lowest BCUT2D eigenvalue weighted by Gasteiger charge is -2.22. The summed E-state index contributed by atoms with van der Waals surface area (Å²) in [5.41, 5.74) is 0.473. The molecule has 7 heteroatoms. The molecule has 114 valence electrons. The summed E-state index contributed by atoms with van der Waals surface area (Å²) in [6, 6.07) is 3.79. The maximum absolute atomic E-state index is 12.1. The number of thioether (sulfide) groups is 2. The van der Waals surface area contributed by atoms with Gasteiger partial charge in [-0.3, -0.25) is 14.8 Å². The minimum atomic E-state index is -0.452. The number of amides is 1. The zero-order valence-corrected chi connectivity index (χ0v) is 14.6. The molecule has 0 bridgehead atoms. The molecule has 0 aliphatic carbocycles. The second-order valence-electron chi connectivity index (χ2n) is 5.30. The van der Waals surface area contributed by atoms with Gasteiger partial charge in [0.05, 0.1) is 0 Å². The van der Waals surface area contributed by atoms with Crippen LogP contribution in [0, 0.1) is 0 Å². The van der Waals surface area contributed by atoms with Gasteiger partial charge in [-0.05, 0) is 18.4 Å². The van der Waals surface area contributed by atoms with Crippen molar-refractivity contribution in [3.63, 3.8) is 0 Å². The number of hydrogen-bond donors (Lipinski definition) is 1. The minimum Gasteiger partial charge on any atom is -0.341 e. The van der Waals surface area contributed by atoms with Crippen LogP contribution in [-0.2, 0) is 4.79 Å². The van der Waals surface area contributed by atoms with Crippen LogP contribution in [0.4, 0.5) is 0 Å². The van der Waals surface area contributed by atoms with Crippen LogP contribution >= 0.6 is 35.1 Å². The van der Waals surface area contributed by atoms with Crippen LogP contribution in [0.1, 0.15) is 25.8 Å². The fourth-order valence-corrected chi connectivity index (χ4v) is 3.47. The molecule has 0 aromatic carbocycles. The van der Waals surface area contributed by atoms with Gasteiger partial charge in [0.2, 0.25) is 5.91 Å². The van der Waals surface area contributed by atoms with Crippen molar-refractivity contribution in [1.29, 1.82) is 0 Å². The second-order valence-corrected chi connectivity index (χ2v) is 8.39. The van der Waals surface area contributed by atoms with Crippen molar-refractivity contribution in [2.75, 3.05) is 6.26 Å². The SMILES string of the molecule is CSC(C)(C)CC(=O)NC1SC(c2cccnc2)=NC1Cl. The summed E-state index contributed by atoms with van der Waals surface area (Å²) in [6.07, 6.45) is 5.92. The Morgan fingerprint density at radius 3 is 2.95 bits per heavy atom. The van der Waals surface area contributed by atoms with E-state index in [4.69, 9.17) is 11.6 Å². The summed E-state index contributed by atoms with van der Waals surface area (Å²) in [4.78, 5) is 20.6. The molecule has 0 saturated carbocycles. The largest absolute Gasteiger partial charge is 0.341 e. The van der Waals surface area contributed by atoms with E-state index in [9.17, 15) is 4.79 Å². The van der Waals surface area contributed by atoms with Gasteiger partial charge in [0, 0.05) is 29.1 Å². The van der Waals surface area contributed by atoms with Crippen LogP contribution < -0.4 is 5.32 Å². The van der Waals surface area contributed by atoms with Gasteiger partial charge in [0.1, 0.15) is 10.4 Å². The predicted molar refractivity (Wildman–Crippen MR) is 92.1 cm³/mol. The number of aliphatic imine (C=N–C) groups is 1. The van der Waals surface area contributed by atoms with E-state index >= 15 is 0 Å². The van der Waals surface area contributed by atoms with Crippen molar-refractivity contribution >= 4 is 46.1 Å². The van der Waals surface area contributed by atoms with Crippen molar-refractivity contribution in [2.24, 2.45) is 4.99 Å². The van der Waals surface area contributed by atoms with Crippen LogP contribution in [0.5, 0.6) is 0 Å². The zero-order valence-electron chi connectivity index (χ0n) is 12.2. The highest BCUT2D eigenvalue weighted by Gasteiger charge is 2.32. The predicted octanol–water partition coefficient (Wildman–Crippen LogP) is 3.11. The first-order chi connectivity index (χ1) is 9.91. The minimum absolute atomic E-state index is 0.000127. The average molecular weight is 344 g/mol. The maximum atomic E-state index is 12.1. The van der Waals surface area contributed by atoms with Crippen LogP contribution in [0.15, 0.2) is 29.5 Å². The molecule has 1 amide bonds. The Morgan fingerprint density at radius 1 is 1.57 bits per heavy atom. The number of nitrogens with one attached hydrogen (secondary N) is 1. The Hall–Kier alpha value is -0.720. The molecular weight excluding hydrogens is 326 g/mol. The van der Waals surface area contributed by atoms with E-state index in [0.717, 1.165) is 10.6 Å². The number of carbonyl (C=O) groups is 1. The van der Waals surface area contributed by atoms with Crippen LogP contribution in [0.25, 0.3) is 0 Å². The molecule has 2 heterocycles. The number of halogens is 1. The van der Waals surface area contributed by atoms with Gasteiger partial charge in [-0.25, -0.2) is 0 Å². The Morgan fingerprint density at radius 2 is 2.33 bits per heavy atom. The standard InChI is InChI=1S/C14H18ClN3OS2/c1-14(2,20-3)7-10(19)17-13-11(15)18-12(21-13)9-5-4-6-16-8-9/h4-6,8,11,13H,7H2,1-3H3,(H,17,19). The number of aromatic nitrogens is 1. The maximum Gasteiger partial charge on any atom is 0.222 e. The fraction of sp³-hybridized carbons (Fsp3) is 0.500. The molecule has 0 spiro atoms. The fourth-order valence-electron chi connectivity index (χ4n) is 1.79. The zero-order chi connectivity index (χ0) is 15.5. The second kappa shape index (κ2) is 7.03. The van der Waals surface area contributed by atoms with Crippen LogP contribution in [-0.4, -0.2) is 37.8 Å². The lowest BCUT2D eigenvalue weighted by molar-refractivity contribution is -0.121. The van der Waals surface area contributed by atoms with Gasteiger partial charge in [-0.15, -0.1) is 0 Å². The van der Waals surface area contributed by atoms with Crippen molar-refractivity contribution in [1.82, 2.24) is 10.3 Å². The van der Waals surface area contributed by atoms with Crippen LogP contribution in [0.3, 0.4) is 0 Å². The highest BCUT2D eigenvalue weighted by Crippen LogP contribution is 2.31. The highest BCUT2D eigenvalue weighted by atomic mass is 35.5. The van der Waals surface area contributed by atoms with Gasteiger partial charge in [-0.2, -0.15) is 11.8 Å². The van der Waals surface area contributed by atoms with Crippen molar-refractivity contribution in [3.8, 4) is 0 Å². The summed E-state index contributed by atoms with van der Waals surface area (Å²) in [7, 11) is 0. The van der Waals surface area contributed by atoms with E-state index in [-0.39, 0.29) is 16.0 Å². The summed E-state index contributed by atoms with van der Waals surface area (Å²) < 4.78 is -0.0811. The molecule has 21 heavy (non-hydrogen) atoms. The molecule has 2 rings (SSSR count). The average Bonchev–Trinajstić information content (AvgIpc) is 2.80. The smallest absolute Gasteiger partial charge is 0.222 e. The summed E-state index contributed by atoms with van der Waals surface area (Å²) in [6.45, 7) is 4.10. The Bertz CT molecular complexity index is 536. The first-order valence-electron chi connectivity index (χ1n) is 6.55. The molecule has 1 aromatic heterocycles. The number of alkyl halides is 1. The molecule has 1 N–H and O–H groups in total. The Kier molecular flexibility index (Phi) is 5.57. The highest BCUT2D eigenvalue weighted by molar-refractivity contribution is 8.15. The molecule has 0 radical (unpaired) electrons. The Labute approximate surface area is 138 Å².